The van der Waals surface area contributed by atoms with Crippen LogP contribution in [0.5, 0.6) is 0 Å². The number of nitrogen functional groups attached to an aromatic ring is 1. The molecule has 37 heavy (non-hydrogen) atoms. The first-order chi connectivity index (χ1) is 17.6. The van der Waals surface area contributed by atoms with E-state index in [4.69, 9.17) is 15.2 Å². The predicted octanol–water partition coefficient (Wildman–Crippen LogP) is 4.76. The van der Waals surface area contributed by atoms with E-state index in [-0.39, 0.29) is 24.3 Å². The van der Waals surface area contributed by atoms with Crippen LogP contribution in [0, 0.1) is 5.82 Å². The molecule has 3 aliphatic rings. The molecule has 0 spiro atoms. The third-order valence-corrected chi connectivity index (χ3v) is 7.73. The fraction of sp³-hybridized carbons (Fsp3) is 0.481. The summed E-state index contributed by atoms with van der Waals surface area (Å²) in [6, 6.07) is 3.07. The molecule has 4 heterocycles. The SMILES string of the molecule is CC1Cc2c(F)c(C(F)F)cc(CCC3=C[C@@H](n4ccc5c(N)ncnc54)[C@@H]4OC(C)(C)O[C@H]34)c2CN1. The summed E-state index contributed by atoms with van der Waals surface area (Å²) in [6.45, 7) is 6.16. The second kappa shape index (κ2) is 8.82. The van der Waals surface area contributed by atoms with Gasteiger partial charge in [0, 0.05) is 18.8 Å². The zero-order valence-corrected chi connectivity index (χ0v) is 21.0. The van der Waals surface area contributed by atoms with E-state index in [0.717, 1.165) is 22.1 Å². The van der Waals surface area contributed by atoms with Gasteiger partial charge in [0.25, 0.3) is 6.43 Å². The lowest BCUT2D eigenvalue weighted by atomic mass is 9.87. The Bertz CT molecular complexity index is 1400. The maximum absolute atomic E-state index is 14.9. The summed E-state index contributed by atoms with van der Waals surface area (Å²) in [5.41, 5.74) is 9.21. The summed E-state index contributed by atoms with van der Waals surface area (Å²) in [7, 11) is 0. The summed E-state index contributed by atoms with van der Waals surface area (Å²) in [5.74, 6) is -1.13. The van der Waals surface area contributed by atoms with Crippen LogP contribution in [0.2, 0.25) is 0 Å². The highest BCUT2D eigenvalue weighted by molar-refractivity contribution is 5.86. The summed E-state index contributed by atoms with van der Waals surface area (Å²) in [6.07, 6.45) is 3.50. The molecule has 2 aliphatic heterocycles. The summed E-state index contributed by atoms with van der Waals surface area (Å²) in [5, 5.41) is 4.10. The Balaban J connectivity index is 1.35. The molecular weight excluding hydrogens is 483 g/mol. The molecule has 10 heteroatoms. The van der Waals surface area contributed by atoms with Crippen LogP contribution in [0.15, 0.2) is 36.3 Å². The fourth-order valence-corrected chi connectivity index (χ4v) is 6.02. The zero-order chi connectivity index (χ0) is 26.1. The molecule has 0 saturated carbocycles. The molecule has 0 radical (unpaired) electrons. The highest BCUT2D eigenvalue weighted by atomic mass is 19.3. The largest absolute Gasteiger partial charge is 0.383 e. The Kier molecular flexibility index (Phi) is 5.81. The van der Waals surface area contributed by atoms with Crippen LogP contribution >= 0.6 is 0 Å². The van der Waals surface area contributed by atoms with Gasteiger partial charge in [-0.25, -0.2) is 23.1 Å². The second-order valence-electron chi connectivity index (χ2n) is 10.7. The number of benzene rings is 1. The van der Waals surface area contributed by atoms with Crippen molar-refractivity contribution in [2.45, 2.75) is 83.1 Å². The molecule has 0 amide bonds. The van der Waals surface area contributed by atoms with E-state index in [9.17, 15) is 13.2 Å². The van der Waals surface area contributed by atoms with E-state index in [0.29, 0.717) is 42.8 Å². The first kappa shape index (κ1) is 24.4. The Morgan fingerprint density at radius 2 is 2.03 bits per heavy atom. The molecule has 0 bridgehead atoms. The minimum Gasteiger partial charge on any atom is -0.383 e. The number of hydrogen-bond donors (Lipinski definition) is 2. The van der Waals surface area contributed by atoms with Gasteiger partial charge in [-0.3, -0.25) is 0 Å². The number of fused-ring (bicyclic) bond motifs is 3. The molecule has 196 valence electrons. The van der Waals surface area contributed by atoms with Gasteiger partial charge >= 0.3 is 0 Å². The Labute approximate surface area is 212 Å². The van der Waals surface area contributed by atoms with E-state index in [1.807, 2.05) is 37.6 Å². The number of aryl methyl sites for hydroxylation is 1. The fourth-order valence-electron chi connectivity index (χ4n) is 6.02. The molecule has 4 atom stereocenters. The van der Waals surface area contributed by atoms with E-state index < -0.39 is 23.6 Å². The summed E-state index contributed by atoms with van der Waals surface area (Å²) >= 11 is 0. The van der Waals surface area contributed by atoms with Crippen molar-refractivity contribution in [2.75, 3.05) is 5.73 Å². The lowest BCUT2D eigenvalue weighted by molar-refractivity contribution is -0.147. The van der Waals surface area contributed by atoms with Gasteiger partial charge in [-0.2, -0.15) is 0 Å². The maximum atomic E-state index is 14.9. The van der Waals surface area contributed by atoms with Crippen molar-refractivity contribution in [1.29, 1.82) is 0 Å². The van der Waals surface area contributed by atoms with Crippen LogP contribution in [0.4, 0.5) is 19.0 Å². The minimum atomic E-state index is -2.86. The number of anilines is 1. The van der Waals surface area contributed by atoms with Gasteiger partial charge in [0.15, 0.2) is 5.79 Å². The Hall–Kier alpha value is -2.95. The van der Waals surface area contributed by atoms with Gasteiger partial charge in [0.05, 0.1) is 17.0 Å². The van der Waals surface area contributed by atoms with Gasteiger partial charge < -0.3 is 25.1 Å². The molecule has 3 N–H and O–H groups in total. The van der Waals surface area contributed by atoms with Crippen molar-refractivity contribution in [3.63, 3.8) is 0 Å². The first-order valence-corrected chi connectivity index (χ1v) is 12.6. The zero-order valence-electron chi connectivity index (χ0n) is 21.0. The van der Waals surface area contributed by atoms with E-state index in [1.165, 1.54) is 12.4 Å². The summed E-state index contributed by atoms with van der Waals surface area (Å²) in [4.78, 5) is 8.51. The van der Waals surface area contributed by atoms with Crippen LogP contribution in [-0.4, -0.2) is 38.6 Å². The highest BCUT2D eigenvalue weighted by Gasteiger charge is 2.50. The van der Waals surface area contributed by atoms with Crippen molar-refractivity contribution < 1.29 is 22.6 Å². The molecule has 2 aromatic heterocycles. The lowest BCUT2D eigenvalue weighted by Gasteiger charge is -2.27. The molecule has 1 unspecified atom stereocenters. The van der Waals surface area contributed by atoms with E-state index in [1.54, 1.807) is 0 Å². The monoisotopic (exact) mass is 513 g/mol. The molecule has 7 nitrogen and oxygen atoms in total. The van der Waals surface area contributed by atoms with Gasteiger partial charge in [0.2, 0.25) is 0 Å². The topological polar surface area (TPSA) is 87.2 Å². The minimum absolute atomic E-state index is 0.0299. The molecule has 3 aromatic rings. The Morgan fingerprint density at radius 3 is 2.81 bits per heavy atom. The van der Waals surface area contributed by atoms with Crippen LogP contribution in [0.3, 0.4) is 0 Å². The van der Waals surface area contributed by atoms with Crippen molar-refractivity contribution >= 4 is 16.9 Å². The molecule has 1 aliphatic carbocycles. The van der Waals surface area contributed by atoms with Crippen LogP contribution < -0.4 is 11.1 Å². The van der Waals surface area contributed by atoms with Gasteiger partial charge in [0.1, 0.15) is 35.8 Å². The van der Waals surface area contributed by atoms with Gasteiger partial charge in [-0.1, -0.05) is 6.08 Å². The normalized spacial score (nSPS) is 26.5. The molecule has 6 rings (SSSR count). The Morgan fingerprint density at radius 1 is 1.22 bits per heavy atom. The second-order valence-corrected chi connectivity index (χ2v) is 10.7. The number of halogens is 3. The number of nitrogens with one attached hydrogen (secondary N) is 1. The molecule has 1 fully saturated rings. The van der Waals surface area contributed by atoms with Gasteiger partial charge in [-0.15, -0.1) is 0 Å². The number of aromatic nitrogens is 3. The van der Waals surface area contributed by atoms with Gasteiger partial charge in [-0.05, 0) is 74.4 Å². The average Bonchev–Trinajstić information content (AvgIpc) is 3.50. The number of alkyl halides is 2. The number of ether oxygens (including phenoxy) is 2. The highest BCUT2D eigenvalue weighted by Crippen LogP contribution is 2.45. The number of rotatable bonds is 5. The van der Waals surface area contributed by atoms with Crippen LogP contribution in [-0.2, 0) is 28.9 Å². The predicted molar refractivity (Wildman–Crippen MR) is 133 cm³/mol. The average molecular weight is 514 g/mol. The van der Waals surface area contributed by atoms with E-state index in [2.05, 4.69) is 21.4 Å². The lowest BCUT2D eigenvalue weighted by Crippen LogP contribution is -2.34. The summed E-state index contributed by atoms with van der Waals surface area (Å²) < 4.78 is 57.0. The quantitative estimate of drug-likeness (QED) is 0.479. The third kappa shape index (κ3) is 4.11. The van der Waals surface area contributed by atoms with E-state index >= 15 is 0 Å². The van der Waals surface area contributed by atoms with Crippen molar-refractivity contribution in [2.24, 2.45) is 0 Å². The van der Waals surface area contributed by atoms with Crippen molar-refractivity contribution in [3.8, 4) is 0 Å². The smallest absolute Gasteiger partial charge is 0.266 e. The van der Waals surface area contributed by atoms with Crippen LogP contribution in [0.25, 0.3) is 11.0 Å². The first-order valence-electron chi connectivity index (χ1n) is 12.6. The third-order valence-electron chi connectivity index (χ3n) is 7.73. The maximum Gasteiger partial charge on any atom is 0.266 e. The number of hydrogen-bond acceptors (Lipinski definition) is 6. The van der Waals surface area contributed by atoms with Crippen LogP contribution in [0.1, 0.15) is 61.9 Å². The molecular formula is C27H30F3N5O2. The molecule has 1 saturated heterocycles. The van der Waals surface area contributed by atoms with Crippen molar-refractivity contribution in [3.05, 3.63) is 64.4 Å². The number of nitrogens with two attached hydrogens (primary N) is 1. The molecule has 1 aromatic carbocycles. The standard InChI is InChI=1S/C27H30F3N5O2/c1-13-8-17-19(11-32-13)14(9-18(21(17)28)24(29)30)4-5-15-10-20(23-22(15)36-27(2,3)37-23)35-7-6-16-25(31)33-12-34-26(16)35/h6-7,9-10,12-13,20,22-24,32H,4-5,8,11H2,1-3H3,(H2,31,33,34)/t13?,20-,22-,23+/m1/s1. The van der Waals surface area contributed by atoms with Crippen molar-refractivity contribution in [1.82, 2.24) is 19.9 Å². The number of nitrogens with zero attached hydrogens (tertiary/aromatic N) is 3.